The maximum Gasteiger partial charge on any atom is 0.238 e. The number of amides is 2. The number of halogens is 1. The van der Waals surface area contributed by atoms with E-state index in [-0.39, 0.29) is 30.6 Å². The first-order chi connectivity index (χ1) is 14.6. The van der Waals surface area contributed by atoms with Gasteiger partial charge in [0, 0.05) is 30.1 Å². The highest BCUT2D eigenvalue weighted by atomic mass is 32.2. The SMILES string of the molecule is O=C(CC1Sc2ccccc2NC1=O)NCc1ccnc(Oc2ccc(F)cc2)c1. The minimum absolute atomic E-state index is 0.0782. The molecule has 1 atom stereocenters. The molecule has 2 heterocycles. The molecular formula is C22H18FN3O3S. The van der Waals surface area contributed by atoms with Crippen molar-refractivity contribution in [1.82, 2.24) is 10.3 Å². The summed E-state index contributed by atoms with van der Waals surface area (Å²) >= 11 is 1.39. The highest BCUT2D eigenvalue weighted by Gasteiger charge is 2.28. The largest absolute Gasteiger partial charge is 0.439 e. The maximum absolute atomic E-state index is 13.0. The van der Waals surface area contributed by atoms with Crippen molar-refractivity contribution >= 4 is 29.3 Å². The smallest absolute Gasteiger partial charge is 0.238 e. The first-order valence-corrected chi connectivity index (χ1v) is 10.2. The molecule has 1 aliphatic heterocycles. The molecule has 0 spiro atoms. The third-order valence-electron chi connectivity index (χ3n) is 4.40. The predicted octanol–water partition coefficient (Wildman–Crippen LogP) is 4.13. The highest BCUT2D eigenvalue weighted by Crippen LogP contribution is 2.36. The quantitative estimate of drug-likeness (QED) is 0.623. The third kappa shape index (κ3) is 4.96. The van der Waals surface area contributed by atoms with E-state index in [1.54, 1.807) is 18.3 Å². The van der Waals surface area contributed by atoms with Gasteiger partial charge in [0.1, 0.15) is 11.6 Å². The van der Waals surface area contributed by atoms with Gasteiger partial charge >= 0.3 is 0 Å². The van der Waals surface area contributed by atoms with E-state index in [0.29, 0.717) is 11.6 Å². The molecule has 2 N–H and O–H groups in total. The van der Waals surface area contributed by atoms with Crippen LogP contribution < -0.4 is 15.4 Å². The Morgan fingerprint density at radius 3 is 2.80 bits per heavy atom. The van der Waals surface area contributed by atoms with E-state index in [4.69, 9.17) is 4.74 Å². The van der Waals surface area contributed by atoms with Crippen LogP contribution in [-0.4, -0.2) is 22.0 Å². The van der Waals surface area contributed by atoms with Crippen molar-refractivity contribution in [3.63, 3.8) is 0 Å². The van der Waals surface area contributed by atoms with E-state index in [1.165, 1.54) is 36.0 Å². The lowest BCUT2D eigenvalue weighted by molar-refractivity contribution is -0.124. The zero-order chi connectivity index (χ0) is 20.9. The van der Waals surface area contributed by atoms with Crippen LogP contribution in [-0.2, 0) is 16.1 Å². The minimum Gasteiger partial charge on any atom is -0.439 e. The van der Waals surface area contributed by atoms with Gasteiger partial charge in [-0.15, -0.1) is 11.8 Å². The van der Waals surface area contributed by atoms with Crippen molar-refractivity contribution in [1.29, 1.82) is 0 Å². The van der Waals surface area contributed by atoms with Crippen molar-refractivity contribution in [3.8, 4) is 11.6 Å². The number of pyridine rings is 1. The number of aromatic nitrogens is 1. The molecule has 3 aromatic rings. The van der Waals surface area contributed by atoms with Crippen LogP contribution in [0.2, 0.25) is 0 Å². The molecule has 1 aliphatic rings. The lowest BCUT2D eigenvalue weighted by Gasteiger charge is -2.23. The lowest BCUT2D eigenvalue weighted by atomic mass is 10.2. The van der Waals surface area contributed by atoms with Crippen molar-refractivity contribution in [3.05, 3.63) is 78.2 Å². The summed E-state index contributed by atoms with van der Waals surface area (Å²) in [7, 11) is 0. The number of para-hydroxylation sites is 1. The predicted molar refractivity (Wildman–Crippen MR) is 112 cm³/mol. The van der Waals surface area contributed by atoms with Gasteiger partial charge in [0.15, 0.2) is 0 Å². The number of ether oxygens (including phenoxy) is 1. The second-order valence-electron chi connectivity index (χ2n) is 6.63. The molecule has 0 bridgehead atoms. The summed E-state index contributed by atoms with van der Waals surface area (Å²) in [6.45, 7) is 0.275. The number of nitrogens with zero attached hydrogens (tertiary/aromatic N) is 1. The van der Waals surface area contributed by atoms with Crippen molar-refractivity contribution in [2.75, 3.05) is 5.32 Å². The monoisotopic (exact) mass is 423 g/mol. The van der Waals surface area contributed by atoms with Gasteiger partial charge in [-0.1, -0.05) is 12.1 Å². The number of hydrogen-bond donors (Lipinski definition) is 2. The van der Waals surface area contributed by atoms with Gasteiger partial charge in [-0.3, -0.25) is 9.59 Å². The molecule has 1 unspecified atom stereocenters. The molecule has 6 nitrogen and oxygen atoms in total. The van der Waals surface area contributed by atoms with Crippen LogP contribution in [0, 0.1) is 5.82 Å². The van der Waals surface area contributed by atoms with E-state index in [2.05, 4.69) is 15.6 Å². The molecular weight excluding hydrogens is 405 g/mol. The molecule has 152 valence electrons. The van der Waals surface area contributed by atoms with Crippen LogP contribution in [0.4, 0.5) is 10.1 Å². The zero-order valence-electron chi connectivity index (χ0n) is 15.8. The van der Waals surface area contributed by atoms with Crippen LogP contribution in [0.5, 0.6) is 11.6 Å². The van der Waals surface area contributed by atoms with Crippen LogP contribution in [0.1, 0.15) is 12.0 Å². The van der Waals surface area contributed by atoms with Gasteiger partial charge < -0.3 is 15.4 Å². The molecule has 2 amide bonds. The molecule has 30 heavy (non-hydrogen) atoms. The molecule has 0 saturated carbocycles. The first-order valence-electron chi connectivity index (χ1n) is 9.28. The van der Waals surface area contributed by atoms with Crippen LogP contribution in [0.15, 0.2) is 71.8 Å². The molecule has 1 aromatic heterocycles. The number of thioether (sulfide) groups is 1. The normalized spacial score (nSPS) is 15.1. The van der Waals surface area contributed by atoms with Crippen LogP contribution in [0.3, 0.4) is 0 Å². The Kier molecular flexibility index (Phi) is 5.94. The number of carbonyl (C=O) groups excluding carboxylic acids is 2. The Hall–Kier alpha value is -3.39. The van der Waals surface area contributed by atoms with Crippen molar-refractivity contribution in [2.45, 2.75) is 23.1 Å². The second kappa shape index (κ2) is 8.96. The highest BCUT2D eigenvalue weighted by molar-refractivity contribution is 8.01. The van der Waals surface area contributed by atoms with E-state index in [1.807, 2.05) is 24.3 Å². The Labute approximate surface area is 176 Å². The number of benzene rings is 2. The van der Waals surface area contributed by atoms with Gasteiger partial charge in [0.2, 0.25) is 17.7 Å². The fourth-order valence-corrected chi connectivity index (χ4v) is 4.02. The third-order valence-corrected chi connectivity index (χ3v) is 5.68. The number of carbonyl (C=O) groups is 2. The maximum atomic E-state index is 13.0. The molecule has 4 rings (SSSR count). The fourth-order valence-electron chi connectivity index (χ4n) is 2.91. The summed E-state index contributed by atoms with van der Waals surface area (Å²) in [5.41, 5.74) is 1.57. The number of fused-ring (bicyclic) bond motifs is 1. The van der Waals surface area contributed by atoms with E-state index >= 15 is 0 Å². The molecule has 2 aromatic carbocycles. The summed E-state index contributed by atoms with van der Waals surface area (Å²) in [6.07, 6.45) is 1.65. The van der Waals surface area contributed by atoms with Gasteiger partial charge in [0.25, 0.3) is 0 Å². The van der Waals surface area contributed by atoms with Gasteiger partial charge in [0.05, 0.1) is 10.9 Å². The Morgan fingerprint density at radius 1 is 1.17 bits per heavy atom. The van der Waals surface area contributed by atoms with Crippen LogP contribution >= 0.6 is 11.8 Å². The van der Waals surface area contributed by atoms with Crippen LogP contribution in [0.25, 0.3) is 0 Å². The summed E-state index contributed by atoms with van der Waals surface area (Å²) in [6, 6.07) is 16.6. The standard InChI is InChI=1S/C22H18FN3O3S/c23-15-5-7-16(8-6-15)29-21-11-14(9-10-24-21)13-25-20(27)12-19-22(28)26-17-3-1-2-4-18(17)30-19/h1-11,19H,12-13H2,(H,25,27)(H,26,28). The molecule has 0 radical (unpaired) electrons. The molecule has 0 aliphatic carbocycles. The molecule has 0 fully saturated rings. The lowest BCUT2D eigenvalue weighted by Crippen LogP contribution is -2.34. The fraction of sp³-hybridized carbons (Fsp3) is 0.136. The van der Waals surface area contributed by atoms with E-state index < -0.39 is 5.25 Å². The van der Waals surface area contributed by atoms with Crippen molar-refractivity contribution in [2.24, 2.45) is 0 Å². The number of rotatable bonds is 6. The van der Waals surface area contributed by atoms with E-state index in [0.717, 1.165) is 16.1 Å². The minimum atomic E-state index is -0.477. The average molecular weight is 423 g/mol. The number of nitrogens with one attached hydrogen (secondary N) is 2. The van der Waals surface area contributed by atoms with Gasteiger partial charge in [-0.25, -0.2) is 9.37 Å². The Morgan fingerprint density at radius 2 is 1.97 bits per heavy atom. The Bertz CT molecular complexity index is 1080. The second-order valence-corrected chi connectivity index (χ2v) is 7.88. The van der Waals surface area contributed by atoms with Gasteiger partial charge in [-0.2, -0.15) is 0 Å². The average Bonchev–Trinajstić information content (AvgIpc) is 2.75. The number of anilines is 1. The first kappa shape index (κ1) is 19.9. The van der Waals surface area contributed by atoms with E-state index in [9.17, 15) is 14.0 Å². The zero-order valence-corrected chi connectivity index (χ0v) is 16.6. The molecule has 0 saturated heterocycles. The summed E-state index contributed by atoms with van der Waals surface area (Å²) in [5, 5.41) is 5.18. The van der Waals surface area contributed by atoms with Gasteiger partial charge in [-0.05, 0) is 48.0 Å². The Balaban J connectivity index is 1.32. The number of hydrogen-bond acceptors (Lipinski definition) is 5. The topological polar surface area (TPSA) is 80.3 Å². The summed E-state index contributed by atoms with van der Waals surface area (Å²) in [5.74, 6) is 0.0607. The molecule has 8 heteroatoms. The summed E-state index contributed by atoms with van der Waals surface area (Å²) in [4.78, 5) is 29.7. The summed E-state index contributed by atoms with van der Waals surface area (Å²) < 4.78 is 18.6. The van der Waals surface area contributed by atoms with Crippen molar-refractivity contribution < 1.29 is 18.7 Å².